The molecule has 0 saturated heterocycles. The van der Waals surface area contributed by atoms with Crippen LogP contribution in [0.25, 0.3) is 0 Å². The third-order valence-electron chi connectivity index (χ3n) is 3.30. The van der Waals surface area contributed by atoms with Crippen molar-refractivity contribution in [1.29, 1.82) is 0 Å². The molecule has 2 rings (SSSR count). The Morgan fingerprint density at radius 3 is 2.95 bits per heavy atom. The molecule has 0 bridgehead atoms. The van der Waals surface area contributed by atoms with Crippen molar-refractivity contribution in [2.75, 3.05) is 6.54 Å². The van der Waals surface area contributed by atoms with Gasteiger partial charge < -0.3 is 9.88 Å². The van der Waals surface area contributed by atoms with Crippen LogP contribution in [0.1, 0.15) is 44.3 Å². The van der Waals surface area contributed by atoms with Crippen LogP contribution in [0, 0.1) is 0 Å². The summed E-state index contributed by atoms with van der Waals surface area (Å²) < 4.78 is 2.12. The van der Waals surface area contributed by atoms with E-state index in [9.17, 15) is 9.59 Å². The standard InChI is InChI=1S/C14H22N6O2/c1-10(2)13-16-7-9-20(13)8-3-6-15-12(21)5-4-11-17-14(22)19-18-11/h7,9-10H,3-6,8H2,1-2H3,(H,15,21)(H2,17,18,19,22). The molecule has 120 valence electrons. The van der Waals surface area contributed by atoms with E-state index >= 15 is 0 Å². The van der Waals surface area contributed by atoms with Gasteiger partial charge in [-0.05, 0) is 6.42 Å². The zero-order valence-electron chi connectivity index (χ0n) is 12.9. The molecular weight excluding hydrogens is 284 g/mol. The highest BCUT2D eigenvalue weighted by Crippen LogP contribution is 2.11. The summed E-state index contributed by atoms with van der Waals surface area (Å²) in [6, 6.07) is 0. The summed E-state index contributed by atoms with van der Waals surface area (Å²) in [4.78, 5) is 29.4. The molecule has 8 heteroatoms. The SMILES string of the molecule is CC(C)c1nccn1CCCNC(=O)CCc1n[nH]c(=O)[nH]1. The van der Waals surface area contributed by atoms with Crippen LogP contribution in [0.3, 0.4) is 0 Å². The summed E-state index contributed by atoms with van der Waals surface area (Å²) in [5.74, 6) is 1.91. The number of nitrogens with zero attached hydrogens (tertiary/aromatic N) is 3. The number of hydrogen-bond acceptors (Lipinski definition) is 4. The minimum atomic E-state index is -0.350. The fourth-order valence-corrected chi connectivity index (χ4v) is 2.23. The Labute approximate surface area is 128 Å². The highest BCUT2D eigenvalue weighted by atomic mass is 16.2. The van der Waals surface area contributed by atoms with Crippen LogP contribution in [0.5, 0.6) is 0 Å². The van der Waals surface area contributed by atoms with E-state index in [0.29, 0.717) is 31.1 Å². The average molecular weight is 306 g/mol. The van der Waals surface area contributed by atoms with Crippen LogP contribution >= 0.6 is 0 Å². The van der Waals surface area contributed by atoms with E-state index in [1.807, 2.05) is 6.20 Å². The number of hydrogen-bond donors (Lipinski definition) is 3. The molecule has 0 aliphatic carbocycles. The molecule has 0 aliphatic heterocycles. The summed E-state index contributed by atoms with van der Waals surface area (Å²) in [7, 11) is 0. The van der Waals surface area contributed by atoms with E-state index < -0.39 is 0 Å². The van der Waals surface area contributed by atoms with Crippen LogP contribution in [-0.4, -0.2) is 37.2 Å². The number of nitrogens with one attached hydrogen (secondary N) is 3. The van der Waals surface area contributed by atoms with Gasteiger partial charge in [-0.25, -0.2) is 14.9 Å². The number of aromatic amines is 2. The molecule has 2 aromatic heterocycles. The molecule has 22 heavy (non-hydrogen) atoms. The predicted molar refractivity (Wildman–Crippen MR) is 81.5 cm³/mol. The zero-order chi connectivity index (χ0) is 15.9. The fourth-order valence-electron chi connectivity index (χ4n) is 2.23. The lowest BCUT2D eigenvalue weighted by Gasteiger charge is -2.10. The third-order valence-corrected chi connectivity index (χ3v) is 3.30. The fraction of sp³-hybridized carbons (Fsp3) is 0.571. The molecule has 0 spiro atoms. The number of H-pyrrole nitrogens is 2. The van der Waals surface area contributed by atoms with Crippen molar-refractivity contribution in [2.24, 2.45) is 0 Å². The molecule has 0 radical (unpaired) electrons. The maximum atomic E-state index is 11.7. The highest BCUT2D eigenvalue weighted by Gasteiger charge is 2.07. The first kappa shape index (κ1) is 16.0. The van der Waals surface area contributed by atoms with Gasteiger partial charge in [0.2, 0.25) is 5.91 Å². The quantitative estimate of drug-likeness (QED) is 0.619. The Balaban J connectivity index is 1.64. The molecule has 2 heterocycles. The molecule has 0 atom stereocenters. The minimum absolute atomic E-state index is 0.0430. The number of amides is 1. The molecule has 0 unspecified atom stereocenters. The van der Waals surface area contributed by atoms with Crippen molar-refractivity contribution in [1.82, 2.24) is 30.0 Å². The van der Waals surface area contributed by atoms with E-state index in [0.717, 1.165) is 18.8 Å². The van der Waals surface area contributed by atoms with Gasteiger partial charge >= 0.3 is 5.69 Å². The van der Waals surface area contributed by atoms with Crippen molar-refractivity contribution in [2.45, 2.75) is 45.6 Å². The summed E-state index contributed by atoms with van der Waals surface area (Å²) in [6.45, 7) is 5.67. The van der Waals surface area contributed by atoms with E-state index in [2.05, 4.69) is 43.9 Å². The second-order valence-corrected chi connectivity index (χ2v) is 5.46. The first-order valence-electron chi connectivity index (χ1n) is 7.47. The molecule has 0 fully saturated rings. The first-order chi connectivity index (χ1) is 10.6. The van der Waals surface area contributed by atoms with Crippen LogP contribution in [0.2, 0.25) is 0 Å². The number of aryl methyl sites for hydroxylation is 2. The van der Waals surface area contributed by atoms with Gasteiger partial charge in [-0.1, -0.05) is 13.8 Å². The van der Waals surface area contributed by atoms with Crippen molar-refractivity contribution in [3.8, 4) is 0 Å². The van der Waals surface area contributed by atoms with Crippen molar-refractivity contribution < 1.29 is 4.79 Å². The molecule has 2 aromatic rings. The number of carbonyl (C=O) groups excluding carboxylic acids is 1. The second-order valence-electron chi connectivity index (χ2n) is 5.46. The van der Waals surface area contributed by atoms with Crippen LogP contribution in [0.15, 0.2) is 17.2 Å². The zero-order valence-corrected chi connectivity index (χ0v) is 12.9. The van der Waals surface area contributed by atoms with Gasteiger partial charge in [0.15, 0.2) is 0 Å². The molecule has 0 aliphatic rings. The summed E-state index contributed by atoms with van der Waals surface area (Å²) in [5.41, 5.74) is -0.350. The van der Waals surface area contributed by atoms with Crippen LogP contribution in [0.4, 0.5) is 0 Å². The minimum Gasteiger partial charge on any atom is -0.356 e. The topological polar surface area (TPSA) is 108 Å². The van der Waals surface area contributed by atoms with Crippen molar-refractivity contribution in [3.05, 3.63) is 34.5 Å². The monoisotopic (exact) mass is 306 g/mol. The average Bonchev–Trinajstić information content (AvgIpc) is 3.10. The van der Waals surface area contributed by atoms with Gasteiger partial charge in [-0.15, -0.1) is 0 Å². The van der Waals surface area contributed by atoms with Gasteiger partial charge in [-0.3, -0.25) is 9.78 Å². The summed E-state index contributed by atoms with van der Waals surface area (Å²) in [5, 5.41) is 8.90. The Morgan fingerprint density at radius 1 is 1.45 bits per heavy atom. The van der Waals surface area contributed by atoms with E-state index in [1.165, 1.54) is 0 Å². The molecule has 0 saturated carbocycles. The van der Waals surface area contributed by atoms with Gasteiger partial charge in [0.1, 0.15) is 11.6 Å². The van der Waals surface area contributed by atoms with Crippen molar-refractivity contribution in [3.63, 3.8) is 0 Å². The highest BCUT2D eigenvalue weighted by molar-refractivity contribution is 5.75. The van der Waals surface area contributed by atoms with Gasteiger partial charge in [0, 0.05) is 44.2 Å². The number of imidazole rings is 1. The molecule has 3 N–H and O–H groups in total. The second kappa shape index (κ2) is 7.58. The Hall–Kier alpha value is -2.38. The normalized spacial score (nSPS) is 11.0. The number of rotatable bonds is 8. The summed E-state index contributed by atoms with van der Waals surface area (Å²) >= 11 is 0. The van der Waals surface area contributed by atoms with Gasteiger partial charge in [-0.2, -0.15) is 5.10 Å². The van der Waals surface area contributed by atoms with Crippen LogP contribution in [-0.2, 0) is 17.8 Å². The molecule has 1 amide bonds. The maximum Gasteiger partial charge on any atom is 0.340 e. The lowest BCUT2D eigenvalue weighted by molar-refractivity contribution is -0.121. The Bertz CT molecular complexity index is 654. The predicted octanol–water partition coefficient (Wildman–Crippen LogP) is 0.557. The maximum absolute atomic E-state index is 11.7. The Morgan fingerprint density at radius 2 is 2.27 bits per heavy atom. The van der Waals surface area contributed by atoms with E-state index in [4.69, 9.17) is 0 Å². The Kier molecular flexibility index (Phi) is 5.51. The van der Waals surface area contributed by atoms with Gasteiger partial charge in [0.25, 0.3) is 0 Å². The molecule has 8 nitrogen and oxygen atoms in total. The third kappa shape index (κ3) is 4.57. The van der Waals surface area contributed by atoms with Crippen molar-refractivity contribution >= 4 is 5.91 Å². The first-order valence-corrected chi connectivity index (χ1v) is 7.47. The molecular formula is C14H22N6O2. The van der Waals surface area contributed by atoms with Gasteiger partial charge in [0.05, 0.1) is 0 Å². The summed E-state index contributed by atoms with van der Waals surface area (Å²) in [6.07, 6.45) is 5.34. The largest absolute Gasteiger partial charge is 0.356 e. The van der Waals surface area contributed by atoms with E-state index in [-0.39, 0.29) is 11.6 Å². The lowest BCUT2D eigenvalue weighted by Crippen LogP contribution is -2.25. The molecule has 0 aromatic carbocycles. The number of aromatic nitrogens is 5. The lowest BCUT2D eigenvalue weighted by atomic mass is 10.2. The van der Waals surface area contributed by atoms with Crippen LogP contribution < -0.4 is 11.0 Å². The number of carbonyl (C=O) groups is 1. The van der Waals surface area contributed by atoms with E-state index in [1.54, 1.807) is 6.20 Å². The smallest absolute Gasteiger partial charge is 0.340 e.